The number of esters is 1. The Labute approximate surface area is 211 Å². The van der Waals surface area contributed by atoms with E-state index in [2.05, 4.69) is 45.3 Å². The van der Waals surface area contributed by atoms with Gasteiger partial charge in [-0.05, 0) is 63.4 Å². The van der Waals surface area contributed by atoms with Crippen LogP contribution in [-0.4, -0.2) is 52.3 Å². The molecule has 0 unspecified atom stereocenters. The van der Waals surface area contributed by atoms with Gasteiger partial charge >= 0.3 is 12.1 Å². The maximum atomic E-state index is 12.9. The lowest BCUT2D eigenvalue weighted by Crippen LogP contribution is -2.50. The van der Waals surface area contributed by atoms with Crippen molar-refractivity contribution in [3.8, 4) is 5.75 Å². The topological polar surface area (TPSA) is 83.1 Å². The van der Waals surface area contributed by atoms with Gasteiger partial charge in [-0.25, -0.2) is 9.59 Å². The molecule has 0 saturated carbocycles. The monoisotopic (exact) mass is 505 g/mol. The molecule has 0 aromatic heterocycles. The Kier molecular flexibility index (Phi) is 9.22. The van der Waals surface area contributed by atoms with Crippen LogP contribution in [0.2, 0.25) is 18.1 Å². The number of carbonyl (C=O) groups excluding carboxylic acids is 2. The quantitative estimate of drug-likeness (QED) is 0.364. The molecule has 1 aliphatic carbocycles. The second kappa shape index (κ2) is 11.2. The van der Waals surface area contributed by atoms with Gasteiger partial charge < -0.3 is 24.0 Å². The first kappa shape index (κ1) is 28.9. The van der Waals surface area contributed by atoms with E-state index in [1.165, 1.54) is 7.11 Å². The highest BCUT2D eigenvalue weighted by atomic mass is 28.4. The van der Waals surface area contributed by atoms with Crippen molar-refractivity contribution in [1.29, 1.82) is 0 Å². The van der Waals surface area contributed by atoms with E-state index in [1.807, 2.05) is 24.3 Å². The van der Waals surface area contributed by atoms with Gasteiger partial charge in [-0.3, -0.25) is 0 Å². The van der Waals surface area contributed by atoms with E-state index in [1.54, 1.807) is 27.9 Å². The van der Waals surface area contributed by atoms with E-state index in [0.29, 0.717) is 12.2 Å². The van der Waals surface area contributed by atoms with Gasteiger partial charge in [0.25, 0.3) is 0 Å². The first-order chi connectivity index (χ1) is 16.1. The van der Waals surface area contributed by atoms with Gasteiger partial charge in [-0.2, -0.15) is 0 Å². The fourth-order valence-corrected chi connectivity index (χ4v) is 5.26. The van der Waals surface area contributed by atoms with Gasteiger partial charge in [-0.15, -0.1) is 0 Å². The second-order valence-electron chi connectivity index (χ2n) is 11.6. The zero-order valence-corrected chi connectivity index (χ0v) is 24.0. The molecule has 0 fully saturated rings. The van der Waals surface area contributed by atoms with Gasteiger partial charge in [0.1, 0.15) is 17.4 Å². The zero-order valence-electron chi connectivity index (χ0n) is 23.0. The Morgan fingerprint density at radius 2 is 1.66 bits per heavy atom. The summed E-state index contributed by atoms with van der Waals surface area (Å²) in [6, 6.07) is 6.78. The molecule has 8 heteroatoms. The number of hydrogen-bond acceptors (Lipinski definition) is 6. The standard InChI is InChI=1S/C27H43NO6Si/c1-26(2,3)33-25(30)28-23(24(29)32-8)20-16-15-18(34-35(9,10)27(4,5)6)17-21(20)19-13-11-12-14-22(19)31-7/h11-14,17-18,20,23H,15-16H2,1-10H3,(H,28,30)/t18-,20+,23+/m0/s1. The molecule has 3 atom stereocenters. The number of benzene rings is 1. The number of carbonyl (C=O) groups is 2. The zero-order chi connectivity index (χ0) is 26.6. The lowest BCUT2D eigenvalue weighted by molar-refractivity contribution is -0.144. The summed E-state index contributed by atoms with van der Waals surface area (Å²) in [5.74, 6) is -0.173. The maximum absolute atomic E-state index is 12.9. The Morgan fingerprint density at radius 3 is 2.20 bits per heavy atom. The molecule has 1 amide bonds. The lowest BCUT2D eigenvalue weighted by Gasteiger charge is -2.41. The SMILES string of the molecule is COC(=O)[C@H](NC(=O)OC(C)(C)C)[C@@H]1CC[C@H](O[Si](C)(C)C(C)(C)C)C=C1c1ccccc1OC. The highest BCUT2D eigenvalue weighted by Gasteiger charge is 2.42. The average molecular weight is 506 g/mol. The van der Waals surface area contributed by atoms with Crippen molar-refractivity contribution in [2.24, 2.45) is 5.92 Å². The van der Waals surface area contributed by atoms with E-state index in [0.717, 1.165) is 17.6 Å². The second-order valence-corrected chi connectivity index (χ2v) is 16.3. The number of para-hydroxylation sites is 1. The lowest BCUT2D eigenvalue weighted by atomic mass is 9.78. The number of ether oxygens (including phenoxy) is 3. The molecular formula is C27H43NO6Si. The molecule has 0 radical (unpaired) electrons. The minimum Gasteiger partial charge on any atom is -0.496 e. The normalized spacial score (nSPS) is 19.9. The van der Waals surface area contributed by atoms with Crippen LogP contribution in [0, 0.1) is 5.92 Å². The van der Waals surface area contributed by atoms with Crippen molar-refractivity contribution in [2.75, 3.05) is 14.2 Å². The Bertz CT molecular complexity index is 928. The van der Waals surface area contributed by atoms with Gasteiger partial charge in [0.2, 0.25) is 0 Å². The van der Waals surface area contributed by atoms with E-state index >= 15 is 0 Å². The van der Waals surface area contributed by atoms with Crippen LogP contribution in [0.3, 0.4) is 0 Å². The molecular weight excluding hydrogens is 462 g/mol. The van der Waals surface area contributed by atoms with Crippen molar-refractivity contribution in [1.82, 2.24) is 5.32 Å². The number of methoxy groups -OCH3 is 2. The Hall–Kier alpha value is -2.32. The molecule has 7 nitrogen and oxygen atoms in total. The molecule has 196 valence electrons. The van der Waals surface area contributed by atoms with Crippen LogP contribution in [-0.2, 0) is 18.7 Å². The molecule has 0 aliphatic heterocycles. The summed E-state index contributed by atoms with van der Waals surface area (Å²) in [5, 5.41) is 2.83. The fourth-order valence-electron chi connectivity index (χ4n) is 3.96. The molecule has 0 heterocycles. The number of nitrogens with one attached hydrogen (secondary N) is 1. The summed E-state index contributed by atoms with van der Waals surface area (Å²) in [5.41, 5.74) is 1.06. The van der Waals surface area contributed by atoms with Crippen molar-refractivity contribution in [2.45, 2.75) is 90.3 Å². The van der Waals surface area contributed by atoms with Gasteiger partial charge in [0.05, 0.1) is 20.3 Å². The smallest absolute Gasteiger partial charge is 0.408 e. The highest BCUT2D eigenvalue weighted by Crippen LogP contribution is 2.43. The fraction of sp³-hybridized carbons (Fsp3) is 0.630. The van der Waals surface area contributed by atoms with E-state index in [9.17, 15) is 9.59 Å². The molecule has 1 aromatic rings. The third kappa shape index (κ3) is 7.58. The minimum absolute atomic E-state index is 0.0646. The van der Waals surface area contributed by atoms with Gasteiger partial charge in [0, 0.05) is 11.5 Å². The molecule has 0 bridgehead atoms. The summed E-state index contributed by atoms with van der Waals surface area (Å²) in [6.07, 6.45) is 2.68. The molecule has 0 saturated heterocycles. The van der Waals surface area contributed by atoms with Crippen molar-refractivity contribution >= 4 is 26.0 Å². The molecule has 35 heavy (non-hydrogen) atoms. The van der Waals surface area contributed by atoms with Gasteiger partial charge in [-0.1, -0.05) is 45.0 Å². The van der Waals surface area contributed by atoms with Crippen LogP contribution >= 0.6 is 0 Å². The van der Waals surface area contributed by atoms with Crippen molar-refractivity contribution in [3.05, 3.63) is 35.9 Å². The molecule has 1 aliphatic rings. The van der Waals surface area contributed by atoms with Crippen LogP contribution in [0.5, 0.6) is 5.75 Å². The molecule has 1 N–H and O–H groups in total. The molecule has 1 aromatic carbocycles. The van der Waals surface area contributed by atoms with Crippen LogP contribution in [0.4, 0.5) is 4.79 Å². The number of hydrogen-bond donors (Lipinski definition) is 1. The number of amides is 1. The molecule has 2 rings (SSSR count). The van der Waals surface area contributed by atoms with Crippen LogP contribution in [0.25, 0.3) is 5.57 Å². The third-order valence-corrected chi connectivity index (χ3v) is 11.2. The first-order valence-electron chi connectivity index (χ1n) is 12.2. The molecule has 0 spiro atoms. The van der Waals surface area contributed by atoms with Crippen LogP contribution in [0.1, 0.15) is 59.9 Å². The maximum Gasteiger partial charge on any atom is 0.408 e. The largest absolute Gasteiger partial charge is 0.496 e. The van der Waals surface area contributed by atoms with Gasteiger partial charge in [0.15, 0.2) is 8.32 Å². The van der Waals surface area contributed by atoms with Crippen LogP contribution in [0.15, 0.2) is 30.3 Å². The summed E-state index contributed by atoms with van der Waals surface area (Å²) in [7, 11) is 0.914. The Morgan fingerprint density at radius 1 is 1.03 bits per heavy atom. The minimum atomic E-state index is -2.03. The number of alkyl carbamates (subject to hydrolysis) is 1. The predicted octanol–water partition coefficient (Wildman–Crippen LogP) is 5.95. The highest BCUT2D eigenvalue weighted by molar-refractivity contribution is 6.74. The van der Waals surface area contributed by atoms with E-state index in [-0.39, 0.29) is 17.1 Å². The number of rotatable bonds is 7. The third-order valence-electron chi connectivity index (χ3n) is 6.73. The van der Waals surface area contributed by atoms with Crippen molar-refractivity contribution < 1.29 is 28.2 Å². The summed E-state index contributed by atoms with van der Waals surface area (Å²) < 4.78 is 22.9. The van der Waals surface area contributed by atoms with Crippen molar-refractivity contribution in [3.63, 3.8) is 0 Å². The summed E-state index contributed by atoms with van der Waals surface area (Å²) in [4.78, 5) is 25.6. The van der Waals surface area contributed by atoms with E-state index in [4.69, 9.17) is 18.6 Å². The van der Waals surface area contributed by atoms with Crippen LogP contribution < -0.4 is 10.1 Å². The Balaban J connectivity index is 2.53. The average Bonchev–Trinajstić information content (AvgIpc) is 2.74. The predicted molar refractivity (Wildman–Crippen MR) is 141 cm³/mol. The summed E-state index contributed by atoms with van der Waals surface area (Å²) >= 11 is 0. The van der Waals surface area contributed by atoms with E-state index < -0.39 is 32.0 Å². The first-order valence-corrected chi connectivity index (χ1v) is 15.1. The summed E-state index contributed by atoms with van der Waals surface area (Å²) in [6.45, 7) is 16.5.